The third-order valence-corrected chi connectivity index (χ3v) is 7.42. The molecule has 0 bridgehead atoms. The standard InChI is InChI=1S/C30H34N4O2/c1-33-21-23(25-14-5-6-16-28(25)33)12-9-15-27-26(29(35)36)20-31-30(32-27)34-19-8-7-13-24(34)18-17-22-10-3-2-4-11-22/h2-6,10-11,14,16,20-21,24H,7-9,12-13,15,17-19H2,1H3,(H,35,36). The van der Waals surface area contributed by atoms with Gasteiger partial charge in [-0.1, -0.05) is 48.5 Å². The third kappa shape index (κ3) is 5.27. The highest BCUT2D eigenvalue weighted by Gasteiger charge is 2.26. The average molecular weight is 483 g/mol. The summed E-state index contributed by atoms with van der Waals surface area (Å²) in [6, 6.07) is 19.4. The molecule has 6 heteroatoms. The molecule has 1 fully saturated rings. The summed E-state index contributed by atoms with van der Waals surface area (Å²) >= 11 is 0. The van der Waals surface area contributed by atoms with Crippen molar-refractivity contribution in [2.45, 2.75) is 57.4 Å². The molecule has 0 amide bonds. The molecule has 3 heterocycles. The lowest BCUT2D eigenvalue weighted by Gasteiger charge is -2.36. The van der Waals surface area contributed by atoms with Gasteiger partial charge >= 0.3 is 5.97 Å². The Morgan fingerprint density at radius 1 is 1.03 bits per heavy atom. The Morgan fingerprint density at radius 3 is 2.67 bits per heavy atom. The van der Waals surface area contributed by atoms with Crippen LogP contribution in [-0.2, 0) is 26.3 Å². The number of anilines is 1. The molecule has 1 N–H and O–H groups in total. The Bertz CT molecular complexity index is 1330. The summed E-state index contributed by atoms with van der Waals surface area (Å²) in [6.07, 6.45) is 11.5. The van der Waals surface area contributed by atoms with Gasteiger partial charge in [0.1, 0.15) is 0 Å². The molecule has 186 valence electrons. The first-order valence-corrected chi connectivity index (χ1v) is 13.0. The Kier molecular flexibility index (Phi) is 7.31. The van der Waals surface area contributed by atoms with Gasteiger partial charge in [-0.3, -0.25) is 0 Å². The molecular weight excluding hydrogens is 448 g/mol. The number of aromatic carboxylic acids is 1. The lowest BCUT2D eigenvalue weighted by atomic mass is 9.96. The van der Waals surface area contributed by atoms with Gasteiger partial charge in [0.15, 0.2) is 0 Å². The Balaban J connectivity index is 1.32. The highest BCUT2D eigenvalue weighted by atomic mass is 16.4. The number of aryl methyl sites for hydroxylation is 4. The average Bonchev–Trinajstić information content (AvgIpc) is 3.23. The van der Waals surface area contributed by atoms with Gasteiger partial charge in [0.25, 0.3) is 0 Å². The van der Waals surface area contributed by atoms with E-state index in [1.807, 2.05) is 0 Å². The molecule has 6 nitrogen and oxygen atoms in total. The number of fused-ring (bicyclic) bond motifs is 1. The van der Waals surface area contributed by atoms with Crippen LogP contribution in [0.5, 0.6) is 0 Å². The molecule has 0 radical (unpaired) electrons. The van der Waals surface area contributed by atoms with Gasteiger partial charge in [-0.15, -0.1) is 0 Å². The maximum atomic E-state index is 11.9. The van der Waals surface area contributed by atoms with Crippen molar-refractivity contribution < 1.29 is 9.90 Å². The smallest absolute Gasteiger partial charge is 0.339 e. The Morgan fingerprint density at radius 2 is 1.83 bits per heavy atom. The van der Waals surface area contributed by atoms with E-state index in [1.165, 1.54) is 34.6 Å². The van der Waals surface area contributed by atoms with Crippen LogP contribution in [0.2, 0.25) is 0 Å². The van der Waals surface area contributed by atoms with Crippen molar-refractivity contribution >= 4 is 22.8 Å². The van der Waals surface area contributed by atoms with Crippen LogP contribution in [0.25, 0.3) is 10.9 Å². The zero-order chi connectivity index (χ0) is 24.9. The van der Waals surface area contributed by atoms with Gasteiger partial charge in [0.2, 0.25) is 5.95 Å². The van der Waals surface area contributed by atoms with Crippen LogP contribution in [0.1, 0.15) is 59.3 Å². The SMILES string of the molecule is Cn1cc(CCCc2nc(N3CCCCC3CCc3ccccc3)ncc2C(=O)O)c2ccccc21. The highest BCUT2D eigenvalue weighted by molar-refractivity contribution is 5.88. The molecule has 1 aliphatic heterocycles. The summed E-state index contributed by atoms with van der Waals surface area (Å²) in [6.45, 7) is 0.918. The maximum Gasteiger partial charge on any atom is 0.339 e. The van der Waals surface area contributed by atoms with Crippen LogP contribution in [0.4, 0.5) is 5.95 Å². The van der Waals surface area contributed by atoms with Crippen molar-refractivity contribution in [3.63, 3.8) is 0 Å². The predicted molar refractivity (Wildman–Crippen MR) is 144 cm³/mol. The molecule has 36 heavy (non-hydrogen) atoms. The van der Waals surface area contributed by atoms with Gasteiger partial charge in [-0.05, 0) is 68.6 Å². The monoisotopic (exact) mass is 482 g/mol. The van der Waals surface area contributed by atoms with Crippen molar-refractivity contribution in [1.29, 1.82) is 0 Å². The van der Waals surface area contributed by atoms with E-state index in [-0.39, 0.29) is 5.56 Å². The predicted octanol–water partition coefficient (Wildman–Crippen LogP) is 5.83. The summed E-state index contributed by atoms with van der Waals surface area (Å²) in [5.41, 5.74) is 4.71. The molecule has 4 aromatic rings. The number of nitrogens with zero attached hydrogens (tertiary/aromatic N) is 4. The number of rotatable bonds is 9. The van der Waals surface area contributed by atoms with Gasteiger partial charge in [0, 0.05) is 42.9 Å². The number of carboxylic acid groups (broad SMARTS) is 1. The molecule has 5 rings (SSSR count). The number of carbonyl (C=O) groups is 1. The van der Waals surface area contributed by atoms with E-state index in [2.05, 4.69) is 82.3 Å². The number of para-hydroxylation sites is 1. The normalized spacial score (nSPS) is 15.9. The van der Waals surface area contributed by atoms with Crippen molar-refractivity contribution in [3.05, 3.63) is 89.4 Å². The van der Waals surface area contributed by atoms with E-state index < -0.39 is 5.97 Å². The number of carboxylic acids is 1. The molecule has 1 atom stereocenters. The maximum absolute atomic E-state index is 11.9. The summed E-state index contributed by atoms with van der Waals surface area (Å²) in [4.78, 5) is 23.6. The number of aromatic nitrogens is 3. The third-order valence-electron chi connectivity index (χ3n) is 7.42. The zero-order valence-corrected chi connectivity index (χ0v) is 20.9. The highest BCUT2D eigenvalue weighted by Crippen LogP contribution is 2.27. The first-order valence-electron chi connectivity index (χ1n) is 13.0. The van der Waals surface area contributed by atoms with Crippen LogP contribution in [0.3, 0.4) is 0 Å². The van der Waals surface area contributed by atoms with Gasteiger partial charge < -0.3 is 14.6 Å². The molecule has 2 aromatic heterocycles. The quantitative estimate of drug-likeness (QED) is 0.325. The molecule has 1 aliphatic rings. The van der Waals surface area contributed by atoms with E-state index in [1.54, 1.807) is 0 Å². The molecular formula is C30H34N4O2. The lowest BCUT2D eigenvalue weighted by molar-refractivity contribution is 0.0694. The summed E-state index contributed by atoms with van der Waals surface area (Å²) in [5.74, 6) is -0.279. The molecule has 0 spiro atoms. The molecule has 0 saturated carbocycles. The Labute approximate surface area is 212 Å². The zero-order valence-electron chi connectivity index (χ0n) is 20.9. The fourth-order valence-corrected chi connectivity index (χ4v) is 5.53. The number of benzene rings is 2. The summed E-state index contributed by atoms with van der Waals surface area (Å²) < 4.78 is 2.15. The van der Waals surface area contributed by atoms with Crippen molar-refractivity contribution in [3.8, 4) is 0 Å². The van der Waals surface area contributed by atoms with Crippen LogP contribution in [0, 0.1) is 0 Å². The minimum Gasteiger partial charge on any atom is -0.478 e. The van der Waals surface area contributed by atoms with E-state index in [4.69, 9.17) is 4.98 Å². The first-order chi connectivity index (χ1) is 17.6. The van der Waals surface area contributed by atoms with Crippen molar-refractivity contribution in [2.75, 3.05) is 11.4 Å². The second kappa shape index (κ2) is 10.9. The summed E-state index contributed by atoms with van der Waals surface area (Å²) in [5, 5.41) is 11.1. The largest absolute Gasteiger partial charge is 0.478 e. The van der Waals surface area contributed by atoms with Crippen LogP contribution < -0.4 is 4.90 Å². The van der Waals surface area contributed by atoms with E-state index >= 15 is 0 Å². The first kappa shape index (κ1) is 24.0. The number of piperidine rings is 1. The minimum atomic E-state index is -0.957. The molecule has 1 saturated heterocycles. The Hall–Kier alpha value is -3.67. The van der Waals surface area contributed by atoms with Crippen LogP contribution >= 0.6 is 0 Å². The molecule has 0 aliphatic carbocycles. The van der Waals surface area contributed by atoms with Gasteiger partial charge in [-0.2, -0.15) is 0 Å². The van der Waals surface area contributed by atoms with Crippen molar-refractivity contribution in [2.24, 2.45) is 7.05 Å². The van der Waals surface area contributed by atoms with Gasteiger partial charge in [-0.25, -0.2) is 14.8 Å². The van der Waals surface area contributed by atoms with Crippen LogP contribution in [0.15, 0.2) is 67.0 Å². The van der Waals surface area contributed by atoms with Gasteiger partial charge in [0.05, 0.1) is 11.3 Å². The number of hydrogen-bond acceptors (Lipinski definition) is 4. The topological polar surface area (TPSA) is 71.2 Å². The van der Waals surface area contributed by atoms with Crippen molar-refractivity contribution in [1.82, 2.24) is 14.5 Å². The summed E-state index contributed by atoms with van der Waals surface area (Å²) in [7, 11) is 2.07. The fraction of sp³-hybridized carbons (Fsp3) is 0.367. The second-order valence-corrected chi connectivity index (χ2v) is 9.84. The van der Waals surface area contributed by atoms with E-state index in [0.717, 1.165) is 45.1 Å². The van der Waals surface area contributed by atoms with E-state index in [0.29, 0.717) is 24.1 Å². The fourth-order valence-electron chi connectivity index (χ4n) is 5.53. The molecule has 2 aromatic carbocycles. The molecule has 1 unspecified atom stereocenters. The van der Waals surface area contributed by atoms with Crippen LogP contribution in [-0.4, -0.2) is 38.2 Å². The lowest BCUT2D eigenvalue weighted by Crippen LogP contribution is -2.41. The minimum absolute atomic E-state index is 0.217. The van der Waals surface area contributed by atoms with E-state index in [9.17, 15) is 9.90 Å². The number of hydrogen-bond donors (Lipinski definition) is 1. The second-order valence-electron chi connectivity index (χ2n) is 9.84.